The number of aliphatic hydroxyl groups is 6. The molecular weight excluding hydrogens is 502 g/mol. The van der Waals surface area contributed by atoms with Gasteiger partial charge in [0.15, 0.2) is 0 Å². The van der Waals surface area contributed by atoms with Crippen molar-refractivity contribution >= 4 is 14.6 Å². The zero-order valence-electron chi connectivity index (χ0n) is 25.8. The molecule has 14 heteroatoms. The molecule has 0 saturated heterocycles. The molecule has 0 fully saturated rings. The summed E-state index contributed by atoms with van der Waals surface area (Å²) in [6.45, 7) is 21.0. The maximum absolute atomic E-state index is 9.27. The van der Waals surface area contributed by atoms with Gasteiger partial charge in [0, 0.05) is 0 Å². The van der Waals surface area contributed by atoms with Crippen molar-refractivity contribution in [3.05, 3.63) is 0 Å². The molecule has 234 valence electrons. The van der Waals surface area contributed by atoms with Crippen LogP contribution in [0.3, 0.4) is 0 Å². The molecule has 0 aliphatic rings. The number of hydrogen-bond acceptors (Lipinski definition) is 12. The third-order valence-corrected chi connectivity index (χ3v) is 4.05. The molecule has 0 bridgehead atoms. The third-order valence-electron chi connectivity index (χ3n) is 4.05. The van der Waals surface area contributed by atoms with Crippen LogP contribution in [0.2, 0.25) is 0 Å². The highest BCUT2D eigenvalue weighted by atomic mass is 16.5. The second kappa shape index (κ2) is 20.5. The molecule has 0 unspecified atom stereocenters. The third kappa shape index (κ3) is 100. The molecule has 38 heavy (non-hydrogen) atoms. The smallest absolute Gasteiger partial charge is 0.402 e. The summed E-state index contributed by atoms with van der Waals surface area (Å²) < 4.78 is 0. The van der Waals surface area contributed by atoms with Crippen LogP contribution in [0.4, 0.5) is 0 Å². The molecule has 0 atom stereocenters. The Balaban J connectivity index is -0.000000125. The summed E-state index contributed by atoms with van der Waals surface area (Å²) >= 11 is 0. The van der Waals surface area contributed by atoms with E-state index < -0.39 is 48.2 Å². The fourth-order valence-corrected chi connectivity index (χ4v) is 1.84. The van der Waals surface area contributed by atoms with E-state index in [1.807, 2.05) is 0 Å². The molecule has 0 aromatic heterocycles. The molecule has 0 rings (SSSR count). The van der Waals surface area contributed by atoms with Crippen molar-refractivity contribution in [3.8, 4) is 0 Å². The van der Waals surface area contributed by atoms with Crippen molar-refractivity contribution in [2.75, 3.05) is 0 Å². The van der Waals surface area contributed by atoms with E-state index in [1.165, 1.54) is 0 Å². The molecule has 12 N–H and O–H groups in total. The highest BCUT2D eigenvalue weighted by Crippen LogP contribution is 2.19. The monoisotopic (exact) mass is 562 g/mol. The highest BCUT2D eigenvalue weighted by Gasteiger charge is 2.20. The van der Waals surface area contributed by atoms with Gasteiger partial charge >= 0.3 is 14.6 Å². The van der Waals surface area contributed by atoms with Crippen molar-refractivity contribution in [2.24, 2.45) is 0 Å². The predicted octanol–water partition coefficient (Wildman–Crippen LogP) is -0.178. The van der Waals surface area contributed by atoms with Gasteiger partial charge in [-0.3, -0.25) is 0 Å². The number of rotatable bonds is 9. The van der Waals surface area contributed by atoms with Crippen molar-refractivity contribution < 1.29 is 60.8 Å². The standard InChI is InChI=1S/3C8H18O2.2BH3O3/c3*1-7(2,9)5-6-8(3,4)10;2*2-1(3)4/h3*9-10H,5-6H2,1-4H3;2*2-4H. The lowest BCUT2D eigenvalue weighted by molar-refractivity contribution is 0.0169. The molecule has 0 aromatic rings. The van der Waals surface area contributed by atoms with Gasteiger partial charge < -0.3 is 60.8 Å². The van der Waals surface area contributed by atoms with Crippen molar-refractivity contribution in [1.29, 1.82) is 0 Å². The quantitative estimate of drug-likeness (QED) is 0.164. The van der Waals surface area contributed by atoms with E-state index >= 15 is 0 Å². The Bertz CT molecular complexity index is 399. The largest absolute Gasteiger partial charge is 0.631 e. The lowest BCUT2D eigenvalue weighted by atomic mass is 9.94. The van der Waals surface area contributed by atoms with E-state index in [2.05, 4.69) is 0 Å². The summed E-state index contributed by atoms with van der Waals surface area (Å²) in [6.07, 6.45) is 3.81. The van der Waals surface area contributed by atoms with Crippen LogP contribution in [0.15, 0.2) is 0 Å². The number of hydrogen-bond donors (Lipinski definition) is 12. The van der Waals surface area contributed by atoms with Crippen LogP contribution in [0, 0.1) is 0 Å². The van der Waals surface area contributed by atoms with Gasteiger partial charge in [-0.1, -0.05) is 0 Å². The fraction of sp³-hybridized carbons (Fsp3) is 1.00. The summed E-state index contributed by atoms with van der Waals surface area (Å²) in [6, 6.07) is 0. The van der Waals surface area contributed by atoms with E-state index in [-0.39, 0.29) is 0 Å². The van der Waals surface area contributed by atoms with Crippen LogP contribution in [0.25, 0.3) is 0 Å². The fourth-order valence-electron chi connectivity index (χ4n) is 1.84. The summed E-state index contributed by atoms with van der Waals surface area (Å²) in [5.41, 5.74) is -3.92. The Morgan fingerprint density at radius 3 is 0.368 bits per heavy atom. The minimum absolute atomic E-state index is 0.635. The minimum atomic E-state index is -2.17. The Hall–Kier alpha value is -0.350. The lowest BCUT2D eigenvalue weighted by Gasteiger charge is -2.23. The lowest BCUT2D eigenvalue weighted by Crippen LogP contribution is -2.26. The summed E-state index contributed by atoms with van der Waals surface area (Å²) in [5, 5.41) is 98.6. The van der Waals surface area contributed by atoms with Crippen molar-refractivity contribution in [3.63, 3.8) is 0 Å². The summed E-state index contributed by atoms with van der Waals surface area (Å²) in [7, 11) is -4.33. The molecule has 0 aliphatic carbocycles. The van der Waals surface area contributed by atoms with Crippen molar-refractivity contribution in [2.45, 2.75) is 155 Å². The first-order chi connectivity index (χ1) is 16.1. The van der Waals surface area contributed by atoms with E-state index in [1.54, 1.807) is 83.1 Å². The molecular formula is C24H60B2O12. The van der Waals surface area contributed by atoms with Crippen LogP contribution in [-0.4, -0.2) is 109 Å². The van der Waals surface area contributed by atoms with Crippen LogP contribution in [0.5, 0.6) is 0 Å². The van der Waals surface area contributed by atoms with E-state index in [4.69, 9.17) is 30.1 Å². The molecule has 0 heterocycles. The van der Waals surface area contributed by atoms with Gasteiger partial charge in [0.1, 0.15) is 0 Å². The maximum Gasteiger partial charge on any atom is 0.631 e. The zero-order chi connectivity index (χ0) is 32.4. The van der Waals surface area contributed by atoms with E-state index in [9.17, 15) is 30.6 Å². The second-order valence-corrected chi connectivity index (χ2v) is 13.1. The van der Waals surface area contributed by atoms with E-state index in [0.717, 1.165) is 0 Å². The predicted molar refractivity (Wildman–Crippen MR) is 150 cm³/mol. The minimum Gasteiger partial charge on any atom is -0.402 e. The first kappa shape index (κ1) is 47.4. The molecule has 0 aromatic carbocycles. The average molecular weight is 562 g/mol. The Morgan fingerprint density at radius 2 is 0.342 bits per heavy atom. The maximum atomic E-state index is 9.27. The van der Waals surface area contributed by atoms with Gasteiger partial charge in [-0.05, 0) is 122 Å². The SMILES string of the molecule is CC(C)(O)CCC(C)(C)O.CC(C)(O)CCC(C)(C)O.CC(C)(O)CCC(C)(C)O.OB(O)O.OB(O)O. The first-order valence-corrected chi connectivity index (χ1v) is 12.5. The van der Waals surface area contributed by atoms with Gasteiger partial charge in [0.2, 0.25) is 0 Å². The van der Waals surface area contributed by atoms with Gasteiger partial charge in [-0.15, -0.1) is 0 Å². The molecule has 0 spiro atoms. The molecule has 0 amide bonds. The van der Waals surface area contributed by atoms with Gasteiger partial charge in [-0.25, -0.2) is 0 Å². The molecule has 12 nitrogen and oxygen atoms in total. The topological polar surface area (TPSA) is 243 Å². The first-order valence-electron chi connectivity index (χ1n) is 12.5. The Morgan fingerprint density at radius 1 is 0.289 bits per heavy atom. The van der Waals surface area contributed by atoms with Crippen LogP contribution < -0.4 is 0 Å². The molecule has 0 saturated carbocycles. The second-order valence-electron chi connectivity index (χ2n) is 13.1. The normalized spacial score (nSPS) is 12.3. The average Bonchev–Trinajstić information content (AvgIpc) is 2.53. The Kier molecular flexibility index (Phi) is 25.6. The molecule has 0 radical (unpaired) electrons. The highest BCUT2D eigenvalue weighted by molar-refractivity contribution is 6.30. The zero-order valence-corrected chi connectivity index (χ0v) is 25.8. The van der Waals surface area contributed by atoms with Gasteiger partial charge in [0.05, 0.1) is 33.6 Å². The molecule has 0 aliphatic heterocycles. The van der Waals surface area contributed by atoms with Crippen LogP contribution in [-0.2, 0) is 0 Å². The van der Waals surface area contributed by atoms with Gasteiger partial charge in [-0.2, -0.15) is 0 Å². The Labute approximate surface area is 231 Å². The van der Waals surface area contributed by atoms with E-state index in [0.29, 0.717) is 38.5 Å². The van der Waals surface area contributed by atoms with Crippen molar-refractivity contribution in [1.82, 2.24) is 0 Å². The van der Waals surface area contributed by atoms with Crippen LogP contribution >= 0.6 is 0 Å². The summed E-state index contributed by atoms with van der Waals surface area (Å²) in [5.74, 6) is 0. The summed E-state index contributed by atoms with van der Waals surface area (Å²) in [4.78, 5) is 0. The van der Waals surface area contributed by atoms with Gasteiger partial charge in [0.25, 0.3) is 0 Å². The van der Waals surface area contributed by atoms with Crippen LogP contribution in [0.1, 0.15) is 122 Å².